The molecule has 0 saturated carbocycles. The summed E-state index contributed by atoms with van der Waals surface area (Å²) in [5.74, 6) is 1.66. The van der Waals surface area contributed by atoms with Gasteiger partial charge in [0.1, 0.15) is 12.4 Å². The molecule has 0 radical (unpaired) electrons. The molecule has 128 valence electrons. The van der Waals surface area contributed by atoms with E-state index in [-0.39, 0.29) is 0 Å². The molecular formula is C19H14BrCl2NO2. The molecule has 0 N–H and O–H groups in total. The van der Waals surface area contributed by atoms with Crippen LogP contribution < -0.4 is 9.47 Å². The molecule has 0 aliphatic heterocycles. The van der Waals surface area contributed by atoms with Crippen LogP contribution >= 0.6 is 39.1 Å². The summed E-state index contributed by atoms with van der Waals surface area (Å²) in [4.78, 5) is 4.26. The van der Waals surface area contributed by atoms with Gasteiger partial charge >= 0.3 is 0 Å². The normalized spacial score (nSPS) is 10.6. The van der Waals surface area contributed by atoms with Gasteiger partial charge in [-0.15, -0.1) is 0 Å². The number of pyridine rings is 1. The lowest BCUT2D eigenvalue weighted by Gasteiger charge is -2.11. The summed E-state index contributed by atoms with van der Waals surface area (Å²) in [5, 5.41) is 1.20. The summed E-state index contributed by atoms with van der Waals surface area (Å²) in [6, 6.07) is 14.8. The van der Waals surface area contributed by atoms with Crippen LogP contribution in [0.5, 0.6) is 17.4 Å². The molecule has 25 heavy (non-hydrogen) atoms. The summed E-state index contributed by atoms with van der Waals surface area (Å²) < 4.78 is 12.4. The zero-order valence-electron chi connectivity index (χ0n) is 13.3. The van der Waals surface area contributed by atoms with Crippen LogP contribution in [-0.2, 0) is 6.61 Å². The van der Waals surface area contributed by atoms with Crippen molar-refractivity contribution >= 4 is 39.1 Å². The quantitative estimate of drug-likeness (QED) is 0.437. The third-order valence-corrected chi connectivity index (χ3v) is 4.57. The lowest BCUT2D eigenvalue weighted by atomic mass is 10.2. The van der Waals surface area contributed by atoms with Gasteiger partial charge in [-0.2, -0.15) is 0 Å². The van der Waals surface area contributed by atoms with E-state index >= 15 is 0 Å². The van der Waals surface area contributed by atoms with Crippen molar-refractivity contribution in [3.8, 4) is 17.4 Å². The van der Waals surface area contributed by atoms with E-state index in [1.165, 1.54) is 0 Å². The minimum absolute atomic E-state index is 0.374. The Hall–Kier alpha value is -1.75. The highest BCUT2D eigenvalue weighted by atomic mass is 79.9. The van der Waals surface area contributed by atoms with Gasteiger partial charge < -0.3 is 9.47 Å². The Kier molecular flexibility index (Phi) is 5.84. The molecular weight excluding hydrogens is 425 g/mol. The van der Waals surface area contributed by atoms with Crippen LogP contribution in [0.15, 0.2) is 59.2 Å². The smallest absolute Gasteiger partial charge is 0.219 e. The maximum absolute atomic E-state index is 6.23. The Labute approximate surface area is 164 Å². The molecule has 0 aliphatic carbocycles. The predicted octanol–water partition coefficient (Wildman–Crippen LogP) is 6.83. The molecule has 0 spiro atoms. The number of rotatable bonds is 5. The van der Waals surface area contributed by atoms with Crippen molar-refractivity contribution in [1.82, 2.24) is 4.98 Å². The zero-order chi connectivity index (χ0) is 17.8. The van der Waals surface area contributed by atoms with Crippen molar-refractivity contribution in [3.63, 3.8) is 0 Å². The van der Waals surface area contributed by atoms with E-state index in [0.29, 0.717) is 34.0 Å². The number of nitrogens with zero attached hydrogens (tertiary/aromatic N) is 1. The van der Waals surface area contributed by atoms with Gasteiger partial charge in [0, 0.05) is 21.1 Å². The number of ether oxygens (including phenoxy) is 2. The number of aryl methyl sites for hydroxylation is 1. The molecule has 0 fully saturated rings. The van der Waals surface area contributed by atoms with E-state index in [1.54, 1.807) is 24.4 Å². The van der Waals surface area contributed by atoms with Gasteiger partial charge in [0.05, 0.1) is 11.2 Å². The molecule has 0 atom stereocenters. The van der Waals surface area contributed by atoms with Gasteiger partial charge in [-0.25, -0.2) is 4.98 Å². The molecule has 0 saturated heterocycles. The first kappa shape index (κ1) is 18.1. The predicted molar refractivity (Wildman–Crippen MR) is 104 cm³/mol. The average Bonchev–Trinajstić information content (AvgIpc) is 2.58. The number of hydrogen-bond acceptors (Lipinski definition) is 3. The molecule has 0 bridgehead atoms. The Balaban J connectivity index is 1.68. The van der Waals surface area contributed by atoms with Gasteiger partial charge in [-0.1, -0.05) is 57.3 Å². The van der Waals surface area contributed by atoms with Crippen LogP contribution in [0, 0.1) is 6.92 Å². The maximum Gasteiger partial charge on any atom is 0.219 e. The topological polar surface area (TPSA) is 31.4 Å². The van der Waals surface area contributed by atoms with E-state index in [9.17, 15) is 0 Å². The van der Waals surface area contributed by atoms with Crippen molar-refractivity contribution in [2.24, 2.45) is 0 Å². The average molecular weight is 439 g/mol. The SMILES string of the molecule is Cc1cc(Br)cc(Cl)c1Oc1ccc(OCc2ccccc2Cl)cn1. The number of benzene rings is 2. The standard InChI is InChI=1S/C19H14BrCl2NO2/c1-12-8-14(20)9-17(22)19(12)25-18-7-6-15(10-23-18)24-11-13-4-2-3-5-16(13)21/h2-10H,11H2,1H3. The van der Waals surface area contributed by atoms with Crippen LogP contribution in [-0.4, -0.2) is 4.98 Å². The zero-order valence-corrected chi connectivity index (χ0v) is 16.4. The van der Waals surface area contributed by atoms with Gasteiger partial charge in [-0.05, 0) is 36.8 Å². The fraction of sp³-hybridized carbons (Fsp3) is 0.105. The Morgan fingerprint density at radius 3 is 2.52 bits per heavy atom. The summed E-state index contributed by atoms with van der Waals surface area (Å²) in [7, 11) is 0. The van der Waals surface area contributed by atoms with Crippen molar-refractivity contribution in [2.75, 3.05) is 0 Å². The first-order valence-corrected chi connectivity index (χ1v) is 9.03. The molecule has 0 amide bonds. The largest absolute Gasteiger partial charge is 0.487 e. The van der Waals surface area contributed by atoms with Crippen LogP contribution in [0.1, 0.15) is 11.1 Å². The summed E-state index contributed by atoms with van der Waals surface area (Å²) >= 11 is 15.7. The fourth-order valence-electron chi connectivity index (χ4n) is 2.21. The lowest BCUT2D eigenvalue weighted by Crippen LogP contribution is -1.97. The summed E-state index contributed by atoms with van der Waals surface area (Å²) in [6.45, 7) is 2.30. The number of aromatic nitrogens is 1. The second kappa shape index (κ2) is 8.09. The van der Waals surface area contributed by atoms with Crippen molar-refractivity contribution in [2.45, 2.75) is 13.5 Å². The molecule has 3 nitrogen and oxygen atoms in total. The molecule has 1 heterocycles. The van der Waals surface area contributed by atoms with Gasteiger partial charge in [-0.3, -0.25) is 0 Å². The molecule has 0 aliphatic rings. The van der Waals surface area contributed by atoms with Crippen LogP contribution in [0.25, 0.3) is 0 Å². The maximum atomic E-state index is 6.23. The Bertz CT molecular complexity index is 862. The molecule has 3 rings (SSSR count). The van der Waals surface area contributed by atoms with Crippen LogP contribution in [0.3, 0.4) is 0 Å². The lowest BCUT2D eigenvalue weighted by molar-refractivity contribution is 0.304. The second-order valence-corrected chi connectivity index (χ2v) is 7.08. The van der Waals surface area contributed by atoms with Crippen LogP contribution in [0.2, 0.25) is 10.0 Å². The Morgan fingerprint density at radius 2 is 1.84 bits per heavy atom. The Morgan fingerprint density at radius 1 is 1.04 bits per heavy atom. The first-order chi connectivity index (χ1) is 12.0. The monoisotopic (exact) mass is 437 g/mol. The van der Waals surface area contributed by atoms with Gasteiger partial charge in [0.25, 0.3) is 0 Å². The van der Waals surface area contributed by atoms with E-state index in [0.717, 1.165) is 15.6 Å². The number of hydrogen-bond donors (Lipinski definition) is 0. The van der Waals surface area contributed by atoms with E-state index in [4.69, 9.17) is 32.7 Å². The van der Waals surface area contributed by atoms with E-state index in [2.05, 4.69) is 20.9 Å². The van der Waals surface area contributed by atoms with Crippen molar-refractivity contribution in [3.05, 3.63) is 80.4 Å². The van der Waals surface area contributed by atoms with E-state index < -0.39 is 0 Å². The van der Waals surface area contributed by atoms with Crippen molar-refractivity contribution in [1.29, 1.82) is 0 Å². The third-order valence-electron chi connectivity index (χ3n) is 3.46. The molecule has 3 aromatic rings. The first-order valence-electron chi connectivity index (χ1n) is 7.48. The molecule has 6 heteroatoms. The fourth-order valence-corrected chi connectivity index (χ4v) is 3.41. The summed E-state index contributed by atoms with van der Waals surface area (Å²) in [5.41, 5.74) is 1.84. The van der Waals surface area contributed by atoms with Gasteiger partial charge in [0.15, 0.2) is 5.75 Å². The second-order valence-electron chi connectivity index (χ2n) is 5.35. The van der Waals surface area contributed by atoms with E-state index in [1.807, 2.05) is 37.3 Å². The van der Waals surface area contributed by atoms with Gasteiger partial charge in [0.2, 0.25) is 5.88 Å². The van der Waals surface area contributed by atoms with Crippen molar-refractivity contribution < 1.29 is 9.47 Å². The molecule has 0 unspecified atom stereocenters. The minimum atomic E-state index is 0.374. The highest BCUT2D eigenvalue weighted by Crippen LogP contribution is 2.35. The number of halogens is 3. The third kappa shape index (κ3) is 4.66. The minimum Gasteiger partial charge on any atom is -0.487 e. The highest BCUT2D eigenvalue weighted by Gasteiger charge is 2.09. The van der Waals surface area contributed by atoms with Crippen LogP contribution in [0.4, 0.5) is 0 Å². The molecule has 1 aromatic heterocycles. The summed E-state index contributed by atoms with van der Waals surface area (Å²) in [6.07, 6.45) is 1.61. The highest BCUT2D eigenvalue weighted by molar-refractivity contribution is 9.10. The molecule has 2 aromatic carbocycles.